The van der Waals surface area contributed by atoms with E-state index in [1.54, 1.807) is 6.20 Å². The van der Waals surface area contributed by atoms with Crippen LogP contribution in [0.3, 0.4) is 0 Å². The fourth-order valence-electron chi connectivity index (χ4n) is 2.51. The first-order chi connectivity index (χ1) is 11.2. The molecule has 1 heterocycles. The molecule has 0 unspecified atom stereocenters. The van der Waals surface area contributed by atoms with E-state index in [4.69, 9.17) is 0 Å². The summed E-state index contributed by atoms with van der Waals surface area (Å²) < 4.78 is 0. The summed E-state index contributed by atoms with van der Waals surface area (Å²) in [5, 5.41) is 7.21. The third-order valence-electron chi connectivity index (χ3n) is 3.73. The van der Waals surface area contributed by atoms with Crippen LogP contribution in [0.2, 0.25) is 0 Å². The van der Waals surface area contributed by atoms with E-state index in [2.05, 4.69) is 15.6 Å². The number of hydrogen-bond donors (Lipinski definition) is 2. The zero-order chi connectivity index (χ0) is 16.1. The van der Waals surface area contributed by atoms with Crippen molar-refractivity contribution in [2.24, 2.45) is 0 Å². The molecule has 3 aromatic rings. The van der Waals surface area contributed by atoms with Gasteiger partial charge in [-0.05, 0) is 42.8 Å². The zero-order valence-electron chi connectivity index (χ0n) is 13.0. The van der Waals surface area contributed by atoms with Gasteiger partial charge in [0, 0.05) is 30.2 Å². The summed E-state index contributed by atoms with van der Waals surface area (Å²) >= 11 is 0. The number of rotatable bonds is 5. The Bertz CT molecular complexity index is 824. The third-order valence-corrected chi connectivity index (χ3v) is 3.73. The van der Waals surface area contributed by atoms with Gasteiger partial charge < -0.3 is 10.6 Å². The number of fused-ring (bicyclic) bond motifs is 1. The van der Waals surface area contributed by atoms with Crippen molar-refractivity contribution in [3.05, 3.63) is 66.4 Å². The summed E-state index contributed by atoms with van der Waals surface area (Å²) in [6.07, 6.45) is 2.16. The summed E-state index contributed by atoms with van der Waals surface area (Å²) in [5.41, 5.74) is 3.92. The first-order valence-corrected chi connectivity index (χ1v) is 7.67. The Balaban J connectivity index is 1.60. The van der Waals surface area contributed by atoms with Gasteiger partial charge in [-0.3, -0.25) is 9.78 Å². The molecular weight excluding hydrogens is 286 g/mol. The maximum absolute atomic E-state index is 12.2. The molecule has 0 fully saturated rings. The second kappa shape index (κ2) is 6.92. The molecule has 0 spiro atoms. The highest BCUT2D eigenvalue weighted by molar-refractivity contribution is 6.00. The number of anilines is 2. The Morgan fingerprint density at radius 3 is 2.70 bits per heavy atom. The first kappa shape index (κ1) is 15.0. The van der Waals surface area contributed by atoms with E-state index in [-0.39, 0.29) is 5.91 Å². The fraction of sp³-hybridized carbons (Fsp3) is 0.158. The summed E-state index contributed by atoms with van der Waals surface area (Å²) in [6.45, 7) is 2.64. The Hall–Kier alpha value is -2.88. The molecule has 3 rings (SSSR count). The molecule has 0 bridgehead atoms. The molecule has 0 aliphatic rings. The largest absolute Gasteiger partial charge is 0.384 e. The molecule has 0 aliphatic heterocycles. The maximum Gasteiger partial charge on any atom is 0.226 e. The van der Waals surface area contributed by atoms with Crippen molar-refractivity contribution in [1.29, 1.82) is 0 Å². The number of nitrogens with one attached hydrogen (secondary N) is 2. The van der Waals surface area contributed by atoms with Crippen LogP contribution >= 0.6 is 0 Å². The van der Waals surface area contributed by atoms with Crippen LogP contribution in [-0.2, 0) is 4.79 Å². The molecule has 0 atom stereocenters. The zero-order valence-corrected chi connectivity index (χ0v) is 13.0. The predicted molar refractivity (Wildman–Crippen MR) is 94.7 cm³/mol. The lowest BCUT2D eigenvalue weighted by Crippen LogP contribution is -2.16. The number of carbonyl (C=O) groups is 1. The molecule has 0 saturated heterocycles. The minimum atomic E-state index is -0.0116. The molecule has 1 amide bonds. The number of benzene rings is 2. The molecule has 4 nitrogen and oxygen atoms in total. The van der Waals surface area contributed by atoms with Crippen molar-refractivity contribution >= 4 is 28.2 Å². The number of aryl methyl sites for hydroxylation is 1. The molecule has 2 N–H and O–H groups in total. The van der Waals surface area contributed by atoms with Gasteiger partial charge in [-0.2, -0.15) is 0 Å². The number of carbonyl (C=O) groups excluding carboxylic acids is 1. The van der Waals surface area contributed by atoms with Gasteiger partial charge in [0.05, 0.1) is 11.2 Å². The van der Waals surface area contributed by atoms with E-state index in [1.807, 2.05) is 61.5 Å². The van der Waals surface area contributed by atoms with Gasteiger partial charge in [0.25, 0.3) is 0 Å². The molecule has 2 aromatic carbocycles. The molecule has 0 radical (unpaired) electrons. The van der Waals surface area contributed by atoms with Crippen molar-refractivity contribution < 1.29 is 4.79 Å². The molecule has 0 aliphatic carbocycles. The normalized spacial score (nSPS) is 10.5. The van der Waals surface area contributed by atoms with Crippen LogP contribution in [0.15, 0.2) is 60.8 Å². The SMILES string of the molecule is Cc1ccccc1NCCC(=O)Nc1cccc2ncccc12. The Kier molecular flexibility index (Phi) is 4.52. The lowest BCUT2D eigenvalue weighted by atomic mass is 10.1. The lowest BCUT2D eigenvalue weighted by molar-refractivity contribution is -0.115. The average Bonchev–Trinajstić information content (AvgIpc) is 2.57. The number of para-hydroxylation sites is 1. The van der Waals surface area contributed by atoms with Crippen LogP contribution in [0.4, 0.5) is 11.4 Å². The van der Waals surface area contributed by atoms with E-state index < -0.39 is 0 Å². The average molecular weight is 305 g/mol. The van der Waals surface area contributed by atoms with Gasteiger partial charge in [0.1, 0.15) is 0 Å². The number of nitrogens with zero attached hydrogens (tertiary/aromatic N) is 1. The molecule has 4 heteroatoms. The summed E-state index contributed by atoms with van der Waals surface area (Å²) in [4.78, 5) is 16.5. The van der Waals surface area contributed by atoms with Gasteiger partial charge in [-0.1, -0.05) is 24.3 Å². The Morgan fingerprint density at radius 2 is 1.83 bits per heavy atom. The third kappa shape index (κ3) is 3.66. The molecule has 0 saturated carbocycles. The molecular formula is C19H19N3O. The van der Waals surface area contributed by atoms with E-state index in [1.165, 1.54) is 5.56 Å². The molecule has 116 valence electrons. The highest BCUT2D eigenvalue weighted by atomic mass is 16.1. The van der Waals surface area contributed by atoms with Gasteiger partial charge in [0.2, 0.25) is 5.91 Å². The van der Waals surface area contributed by atoms with Crippen LogP contribution in [-0.4, -0.2) is 17.4 Å². The van der Waals surface area contributed by atoms with Crippen LogP contribution in [0.5, 0.6) is 0 Å². The second-order valence-corrected chi connectivity index (χ2v) is 5.42. The number of amides is 1. The Labute approximate surface area is 135 Å². The molecule has 1 aromatic heterocycles. The van der Waals surface area contributed by atoms with E-state index in [0.29, 0.717) is 13.0 Å². The van der Waals surface area contributed by atoms with Crippen molar-refractivity contribution in [3.8, 4) is 0 Å². The number of aromatic nitrogens is 1. The smallest absolute Gasteiger partial charge is 0.226 e. The maximum atomic E-state index is 12.2. The summed E-state index contributed by atoms with van der Waals surface area (Å²) in [6, 6.07) is 17.6. The number of hydrogen-bond acceptors (Lipinski definition) is 3. The van der Waals surface area contributed by atoms with Gasteiger partial charge in [-0.25, -0.2) is 0 Å². The topological polar surface area (TPSA) is 54.0 Å². The van der Waals surface area contributed by atoms with Crippen LogP contribution in [0.1, 0.15) is 12.0 Å². The van der Waals surface area contributed by atoms with E-state index in [9.17, 15) is 4.79 Å². The first-order valence-electron chi connectivity index (χ1n) is 7.67. The van der Waals surface area contributed by atoms with Crippen molar-refractivity contribution in [3.63, 3.8) is 0 Å². The van der Waals surface area contributed by atoms with Gasteiger partial charge >= 0.3 is 0 Å². The van der Waals surface area contributed by atoms with Crippen LogP contribution in [0, 0.1) is 6.92 Å². The van der Waals surface area contributed by atoms with Crippen LogP contribution < -0.4 is 10.6 Å². The quantitative estimate of drug-likeness (QED) is 0.749. The van der Waals surface area contributed by atoms with Crippen molar-refractivity contribution in [1.82, 2.24) is 4.98 Å². The summed E-state index contributed by atoms with van der Waals surface area (Å²) in [5.74, 6) is -0.0116. The predicted octanol–water partition coefficient (Wildman–Crippen LogP) is 3.98. The fourth-order valence-corrected chi connectivity index (χ4v) is 2.51. The minimum Gasteiger partial charge on any atom is -0.384 e. The van der Waals surface area contributed by atoms with Gasteiger partial charge in [0.15, 0.2) is 0 Å². The highest BCUT2D eigenvalue weighted by Crippen LogP contribution is 2.21. The monoisotopic (exact) mass is 305 g/mol. The highest BCUT2D eigenvalue weighted by Gasteiger charge is 2.06. The standard InChI is InChI=1S/C19H19N3O/c1-14-6-2-3-8-16(14)21-13-11-19(23)22-18-10-4-9-17-15(18)7-5-12-20-17/h2-10,12,21H,11,13H2,1H3,(H,22,23). The summed E-state index contributed by atoms with van der Waals surface area (Å²) in [7, 11) is 0. The second-order valence-electron chi connectivity index (χ2n) is 5.42. The van der Waals surface area contributed by atoms with E-state index in [0.717, 1.165) is 22.3 Å². The molecule has 23 heavy (non-hydrogen) atoms. The van der Waals surface area contributed by atoms with Gasteiger partial charge in [-0.15, -0.1) is 0 Å². The lowest BCUT2D eigenvalue weighted by Gasteiger charge is -2.10. The number of pyridine rings is 1. The minimum absolute atomic E-state index is 0.0116. The van der Waals surface area contributed by atoms with Crippen molar-refractivity contribution in [2.75, 3.05) is 17.2 Å². The van der Waals surface area contributed by atoms with E-state index >= 15 is 0 Å². The van der Waals surface area contributed by atoms with Crippen LogP contribution in [0.25, 0.3) is 10.9 Å². The Morgan fingerprint density at radius 1 is 1.00 bits per heavy atom. The van der Waals surface area contributed by atoms with Crippen molar-refractivity contribution in [2.45, 2.75) is 13.3 Å².